The van der Waals surface area contributed by atoms with Crippen molar-refractivity contribution >= 4 is 16.7 Å². The molecule has 2 aromatic carbocycles. The van der Waals surface area contributed by atoms with E-state index < -0.39 is 23.1 Å². The standard InChI is InChI=1S/C18H11F4N3O/c1-10-12(19)3-2-4-13(10)25-15-9-11(18(20,21)22)5-6-14(15)24-8-7-23-16(24)17(25)26/h2-9H,1H3. The third-order valence-electron chi connectivity index (χ3n) is 4.32. The summed E-state index contributed by atoms with van der Waals surface area (Å²) >= 11 is 0. The number of hydrogen-bond acceptors (Lipinski definition) is 2. The zero-order valence-electron chi connectivity index (χ0n) is 13.4. The van der Waals surface area contributed by atoms with Gasteiger partial charge in [-0.15, -0.1) is 0 Å². The molecule has 2 heterocycles. The predicted octanol–water partition coefficient (Wildman–Crippen LogP) is 4.10. The van der Waals surface area contributed by atoms with Crippen molar-refractivity contribution in [3.05, 3.63) is 76.1 Å². The molecule has 4 rings (SSSR count). The van der Waals surface area contributed by atoms with Gasteiger partial charge in [0.05, 0.1) is 22.3 Å². The molecule has 0 atom stereocenters. The number of fused-ring (bicyclic) bond motifs is 3. The summed E-state index contributed by atoms with van der Waals surface area (Å²) in [4.78, 5) is 16.9. The van der Waals surface area contributed by atoms with E-state index in [2.05, 4.69) is 4.98 Å². The molecule has 0 fully saturated rings. The Morgan fingerprint density at radius 1 is 1.08 bits per heavy atom. The summed E-state index contributed by atoms with van der Waals surface area (Å²) in [5, 5.41) is 0. The van der Waals surface area contributed by atoms with Crippen LogP contribution in [0.5, 0.6) is 0 Å². The van der Waals surface area contributed by atoms with E-state index in [1.54, 1.807) is 0 Å². The topological polar surface area (TPSA) is 39.3 Å². The van der Waals surface area contributed by atoms with Crippen molar-refractivity contribution in [2.45, 2.75) is 13.1 Å². The van der Waals surface area contributed by atoms with E-state index in [0.717, 1.165) is 16.7 Å². The van der Waals surface area contributed by atoms with Crippen LogP contribution in [0.25, 0.3) is 22.4 Å². The molecular formula is C18H11F4N3O. The third-order valence-corrected chi connectivity index (χ3v) is 4.32. The number of alkyl halides is 3. The molecule has 0 saturated carbocycles. The minimum absolute atomic E-state index is 0.0176. The van der Waals surface area contributed by atoms with Gasteiger partial charge in [0.25, 0.3) is 5.56 Å². The van der Waals surface area contributed by atoms with Gasteiger partial charge in [0.2, 0.25) is 5.65 Å². The smallest absolute Gasteiger partial charge is 0.294 e. The predicted molar refractivity (Wildman–Crippen MR) is 88.0 cm³/mol. The summed E-state index contributed by atoms with van der Waals surface area (Å²) in [6.45, 7) is 1.46. The number of benzene rings is 2. The van der Waals surface area contributed by atoms with E-state index in [-0.39, 0.29) is 22.4 Å². The Hall–Kier alpha value is -3.16. The molecule has 0 unspecified atom stereocenters. The zero-order valence-corrected chi connectivity index (χ0v) is 13.4. The van der Waals surface area contributed by atoms with Crippen LogP contribution in [0.3, 0.4) is 0 Å². The molecule has 0 amide bonds. The Labute approximate surface area is 143 Å². The van der Waals surface area contributed by atoms with Crippen LogP contribution in [0.2, 0.25) is 0 Å². The van der Waals surface area contributed by atoms with Gasteiger partial charge in [-0.3, -0.25) is 13.8 Å². The number of halogens is 4. The molecular weight excluding hydrogens is 350 g/mol. The quantitative estimate of drug-likeness (QED) is 0.479. The van der Waals surface area contributed by atoms with Gasteiger partial charge >= 0.3 is 6.18 Å². The van der Waals surface area contributed by atoms with E-state index in [9.17, 15) is 22.4 Å². The van der Waals surface area contributed by atoms with Crippen molar-refractivity contribution in [1.82, 2.24) is 14.0 Å². The molecule has 0 N–H and O–H groups in total. The van der Waals surface area contributed by atoms with Crippen LogP contribution in [0, 0.1) is 12.7 Å². The lowest BCUT2D eigenvalue weighted by Gasteiger charge is -2.16. The van der Waals surface area contributed by atoms with E-state index >= 15 is 0 Å². The summed E-state index contributed by atoms with van der Waals surface area (Å²) in [6, 6.07) is 7.21. The van der Waals surface area contributed by atoms with Crippen LogP contribution in [-0.2, 0) is 6.18 Å². The molecule has 26 heavy (non-hydrogen) atoms. The second-order valence-corrected chi connectivity index (χ2v) is 5.85. The van der Waals surface area contributed by atoms with Gasteiger partial charge < -0.3 is 0 Å². The maximum Gasteiger partial charge on any atom is 0.416 e. The van der Waals surface area contributed by atoms with Crippen LogP contribution in [0.4, 0.5) is 17.6 Å². The Balaban J connectivity index is 2.23. The second kappa shape index (κ2) is 5.42. The highest BCUT2D eigenvalue weighted by Gasteiger charge is 2.31. The minimum Gasteiger partial charge on any atom is -0.294 e. The van der Waals surface area contributed by atoms with Crippen molar-refractivity contribution in [3.8, 4) is 5.69 Å². The van der Waals surface area contributed by atoms with Crippen LogP contribution in [0.1, 0.15) is 11.1 Å². The number of imidazole rings is 1. The van der Waals surface area contributed by atoms with E-state index in [4.69, 9.17) is 0 Å². The normalized spacial score (nSPS) is 12.2. The Morgan fingerprint density at radius 2 is 1.85 bits per heavy atom. The average Bonchev–Trinajstić information content (AvgIpc) is 3.07. The molecule has 0 aliphatic heterocycles. The molecule has 4 nitrogen and oxygen atoms in total. The van der Waals surface area contributed by atoms with Crippen molar-refractivity contribution in [1.29, 1.82) is 0 Å². The number of aromatic nitrogens is 3. The highest BCUT2D eigenvalue weighted by Crippen LogP contribution is 2.32. The molecule has 0 radical (unpaired) electrons. The Morgan fingerprint density at radius 3 is 2.58 bits per heavy atom. The van der Waals surface area contributed by atoms with Crippen LogP contribution < -0.4 is 5.56 Å². The first-order valence-electron chi connectivity index (χ1n) is 7.63. The first-order chi connectivity index (χ1) is 12.3. The van der Waals surface area contributed by atoms with Crippen molar-refractivity contribution in [3.63, 3.8) is 0 Å². The molecule has 132 valence electrons. The maximum atomic E-state index is 14.0. The van der Waals surface area contributed by atoms with Gasteiger partial charge in [0, 0.05) is 18.0 Å². The number of rotatable bonds is 1. The lowest BCUT2D eigenvalue weighted by Crippen LogP contribution is -2.23. The van der Waals surface area contributed by atoms with E-state index in [1.807, 2.05) is 0 Å². The van der Waals surface area contributed by atoms with E-state index in [1.165, 1.54) is 48.0 Å². The van der Waals surface area contributed by atoms with Gasteiger partial charge in [-0.2, -0.15) is 13.2 Å². The summed E-state index contributed by atoms with van der Waals surface area (Å²) in [6.07, 6.45) is -1.69. The largest absolute Gasteiger partial charge is 0.416 e. The van der Waals surface area contributed by atoms with Crippen LogP contribution in [0.15, 0.2) is 53.6 Å². The second-order valence-electron chi connectivity index (χ2n) is 5.85. The fourth-order valence-corrected chi connectivity index (χ4v) is 3.03. The number of nitrogens with zero attached hydrogens (tertiary/aromatic N) is 3. The van der Waals surface area contributed by atoms with Crippen LogP contribution in [-0.4, -0.2) is 14.0 Å². The summed E-state index contributed by atoms with van der Waals surface area (Å²) < 4.78 is 56.0. The van der Waals surface area contributed by atoms with Crippen molar-refractivity contribution in [2.75, 3.05) is 0 Å². The zero-order chi connectivity index (χ0) is 18.6. The molecule has 0 aliphatic carbocycles. The van der Waals surface area contributed by atoms with Gasteiger partial charge in [-0.25, -0.2) is 9.37 Å². The maximum absolute atomic E-state index is 14.0. The monoisotopic (exact) mass is 361 g/mol. The molecule has 0 saturated heterocycles. The Kier molecular flexibility index (Phi) is 3.40. The number of hydrogen-bond donors (Lipinski definition) is 0. The molecule has 4 aromatic rings. The SMILES string of the molecule is Cc1c(F)cccc1-n1c(=O)c2nccn2c2ccc(C(F)(F)F)cc21. The molecule has 0 aliphatic rings. The molecule has 0 spiro atoms. The highest BCUT2D eigenvalue weighted by molar-refractivity contribution is 5.81. The first-order valence-corrected chi connectivity index (χ1v) is 7.63. The van der Waals surface area contributed by atoms with Gasteiger partial charge in [-0.05, 0) is 37.3 Å². The summed E-state index contributed by atoms with van der Waals surface area (Å²) in [5.41, 5.74) is -0.782. The lowest BCUT2D eigenvalue weighted by molar-refractivity contribution is -0.137. The fourth-order valence-electron chi connectivity index (χ4n) is 3.03. The fraction of sp³-hybridized carbons (Fsp3) is 0.111. The molecule has 0 bridgehead atoms. The minimum atomic E-state index is -4.57. The van der Waals surface area contributed by atoms with Gasteiger partial charge in [0.15, 0.2) is 0 Å². The Bertz CT molecular complexity index is 1220. The van der Waals surface area contributed by atoms with E-state index in [0.29, 0.717) is 5.52 Å². The van der Waals surface area contributed by atoms with Crippen molar-refractivity contribution in [2.24, 2.45) is 0 Å². The lowest BCUT2D eigenvalue weighted by atomic mass is 10.1. The molecule has 2 aromatic heterocycles. The first kappa shape index (κ1) is 16.3. The third kappa shape index (κ3) is 2.29. The van der Waals surface area contributed by atoms with Crippen molar-refractivity contribution < 1.29 is 17.6 Å². The van der Waals surface area contributed by atoms with Gasteiger partial charge in [0.1, 0.15) is 5.82 Å². The molecule has 8 heteroatoms. The summed E-state index contributed by atoms with van der Waals surface area (Å²) in [5.74, 6) is -0.558. The highest BCUT2D eigenvalue weighted by atomic mass is 19.4. The summed E-state index contributed by atoms with van der Waals surface area (Å²) in [7, 11) is 0. The van der Waals surface area contributed by atoms with Crippen LogP contribution >= 0.6 is 0 Å². The van der Waals surface area contributed by atoms with Gasteiger partial charge in [-0.1, -0.05) is 6.07 Å². The average molecular weight is 361 g/mol.